The zero-order chi connectivity index (χ0) is 16.2. The third-order valence-electron chi connectivity index (χ3n) is 4.32. The molecule has 3 rings (SSSR count). The third kappa shape index (κ3) is 4.00. The molecule has 1 aromatic rings. The number of piperidine rings is 1. The highest BCUT2D eigenvalue weighted by molar-refractivity contribution is 5.81. The quantitative estimate of drug-likeness (QED) is 0.919. The van der Waals surface area contributed by atoms with Crippen LogP contribution in [0.4, 0.5) is 10.1 Å². The lowest BCUT2D eigenvalue weighted by Gasteiger charge is -2.36. The van der Waals surface area contributed by atoms with Crippen LogP contribution in [-0.4, -0.2) is 51.0 Å². The van der Waals surface area contributed by atoms with Crippen molar-refractivity contribution >= 4 is 11.6 Å². The molecule has 2 heterocycles. The molecule has 0 aliphatic carbocycles. The molecule has 2 fully saturated rings. The number of hydrogen-bond donors (Lipinski definition) is 1. The van der Waals surface area contributed by atoms with Gasteiger partial charge in [-0.25, -0.2) is 4.39 Å². The van der Waals surface area contributed by atoms with E-state index in [1.807, 2.05) is 17.9 Å². The van der Waals surface area contributed by atoms with E-state index in [1.54, 1.807) is 6.07 Å². The lowest BCUT2D eigenvalue weighted by Crippen LogP contribution is -2.52. The van der Waals surface area contributed by atoms with Crippen LogP contribution in [0, 0.1) is 12.7 Å². The summed E-state index contributed by atoms with van der Waals surface area (Å²) in [6.45, 7) is 4.65. The monoisotopic (exact) mass is 322 g/mol. The maximum atomic E-state index is 14.1. The molecule has 0 unspecified atom stereocenters. The fourth-order valence-electron chi connectivity index (χ4n) is 3.11. The summed E-state index contributed by atoms with van der Waals surface area (Å²) in [5.41, 5.74) is 1.64. The second-order valence-electron chi connectivity index (χ2n) is 6.18. The third-order valence-corrected chi connectivity index (χ3v) is 4.32. The van der Waals surface area contributed by atoms with E-state index in [2.05, 4.69) is 5.32 Å². The predicted octanol–water partition coefficient (Wildman–Crippen LogP) is 1.63. The van der Waals surface area contributed by atoms with Crippen LogP contribution in [0.2, 0.25) is 0 Å². The predicted molar refractivity (Wildman–Crippen MR) is 85.1 cm³/mol. The molecule has 6 heteroatoms. The first-order valence-electron chi connectivity index (χ1n) is 8.14. The van der Waals surface area contributed by atoms with Crippen LogP contribution in [0.3, 0.4) is 0 Å². The summed E-state index contributed by atoms with van der Waals surface area (Å²) >= 11 is 0. The fraction of sp³-hybridized carbons (Fsp3) is 0.588. The van der Waals surface area contributed by atoms with E-state index in [4.69, 9.17) is 9.47 Å². The number of anilines is 1. The first-order valence-corrected chi connectivity index (χ1v) is 8.14. The van der Waals surface area contributed by atoms with Crippen LogP contribution >= 0.6 is 0 Å². The second-order valence-corrected chi connectivity index (χ2v) is 6.18. The minimum Gasteiger partial charge on any atom is -0.376 e. The Morgan fingerprint density at radius 1 is 1.39 bits per heavy atom. The number of hydrogen-bond acceptors (Lipinski definition) is 4. The van der Waals surface area contributed by atoms with E-state index in [0.717, 1.165) is 24.9 Å². The molecular formula is C17H23FN2O3. The molecule has 1 N–H and O–H groups in total. The van der Waals surface area contributed by atoms with Gasteiger partial charge in [0, 0.05) is 19.1 Å². The summed E-state index contributed by atoms with van der Waals surface area (Å²) in [4.78, 5) is 14.2. The number of halogens is 1. The SMILES string of the molecule is Cc1ccc(F)c(N2CCC[C@@H](NC(=O)[C@H]3COCCO3)C2)c1. The van der Waals surface area contributed by atoms with E-state index in [9.17, 15) is 9.18 Å². The van der Waals surface area contributed by atoms with Crippen molar-refractivity contribution < 1.29 is 18.7 Å². The summed E-state index contributed by atoms with van der Waals surface area (Å²) < 4.78 is 24.8. The van der Waals surface area contributed by atoms with Gasteiger partial charge in [0.1, 0.15) is 5.82 Å². The van der Waals surface area contributed by atoms with Gasteiger partial charge in [-0.15, -0.1) is 0 Å². The fourth-order valence-corrected chi connectivity index (χ4v) is 3.11. The van der Waals surface area contributed by atoms with E-state index >= 15 is 0 Å². The molecule has 0 radical (unpaired) electrons. The molecule has 0 aromatic heterocycles. The molecule has 23 heavy (non-hydrogen) atoms. The van der Waals surface area contributed by atoms with Crippen LogP contribution in [0.5, 0.6) is 0 Å². The van der Waals surface area contributed by atoms with E-state index in [-0.39, 0.29) is 17.8 Å². The van der Waals surface area contributed by atoms with Crippen molar-refractivity contribution in [2.24, 2.45) is 0 Å². The lowest BCUT2D eigenvalue weighted by atomic mass is 10.0. The Labute approximate surface area is 135 Å². The summed E-state index contributed by atoms with van der Waals surface area (Å²) in [7, 11) is 0. The smallest absolute Gasteiger partial charge is 0.251 e. The van der Waals surface area contributed by atoms with Crippen molar-refractivity contribution in [3.05, 3.63) is 29.6 Å². The summed E-state index contributed by atoms with van der Waals surface area (Å²) in [5, 5.41) is 3.01. The van der Waals surface area contributed by atoms with Gasteiger partial charge in [-0.2, -0.15) is 0 Å². The van der Waals surface area contributed by atoms with E-state index in [1.165, 1.54) is 6.07 Å². The van der Waals surface area contributed by atoms with Gasteiger partial charge < -0.3 is 19.7 Å². The molecule has 2 saturated heterocycles. The Balaban J connectivity index is 1.61. The van der Waals surface area contributed by atoms with Crippen LogP contribution < -0.4 is 10.2 Å². The second kappa shape index (κ2) is 7.27. The number of nitrogens with zero attached hydrogens (tertiary/aromatic N) is 1. The van der Waals surface area contributed by atoms with Gasteiger partial charge in [-0.1, -0.05) is 6.07 Å². The molecule has 5 nitrogen and oxygen atoms in total. The number of amides is 1. The number of rotatable bonds is 3. The molecule has 2 aliphatic heterocycles. The highest BCUT2D eigenvalue weighted by atomic mass is 19.1. The molecular weight excluding hydrogens is 299 g/mol. The maximum absolute atomic E-state index is 14.1. The van der Waals surface area contributed by atoms with E-state index < -0.39 is 6.10 Å². The lowest BCUT2D eigenvalue weighted by molar-refractivity contribution is -0.148. The van der Waals surface area contributed by atoms with Crippen LogP contribution in [0.15, 0.2) is 18.2 Å². The molecule has 1 amide bonds. The first kappa shape index (κ1) is 16.2. The molecule has 126 valence electrons. The molecule has 2 atom stereocenters. The Morgan fingerprint density at radius 2 is 2.26 bits per heavy atom. The zero-order valence-corrected chi connectivity index (χ0v) is 13.4. The van der Waals surface area contributed by atoms with Crippen molar-refractivity contribution in [1.82, 2.24) is 5.32 Å². The summed E-state index contributed by atoms with van der Waals surface area (Å²) in [6.07, 6.45) is 1.28. The molecule has 1 aromatic carbocycles. The van der Waals surface area contributed by atoms with Crippen molar-refractivity contribution in [2.75, 3.05) is 37.8 Å². The normalized spacial score (nSPS) is 25.2. The molecule has 0 spiro atoms. The number of nitrogens with one attached hydrogen (secondary N) is 1. The molecule has 2 aliphatic rings. The van der Waals surface area contributed by atoms with Gasteiger partial charge in [0.25, 0.3) is 5.91 Å². The Morgan fingerprint density at radius 3 is 3.04 bits per heavy atom. The highest BCUT2D eigenvalue weighted by Gasteiger charge is 2.28. The average molecular weight is 322 g/mol. The van der Waals surface area contributed by atoms with Crippen molar-refractivity contribution in [3.8, 4) is 0 Å². The highest BCUT2D eigenvalue weighted by Crippen LogP contribution is 2.24. The minimum atomic E-state index is -0.533. The number of carbonyl (C=O) groups excluding carboxylic acids is 1. The van der Waals surface area contributed by atoms with Gasteiger partial charge in [0.15, 0.2) is 6.10 Å². The van der Waals surface area contributed by atoms with Gasteiger partial charge in [-0.05, 0) is 37.5 Å². The Hall–Kier alpha value is -1.66. The standard InChI is InChI=1S/C17H23FN2O3/c1-12-4-5-14(18)15(9-12)20-6-2-3-13(10-20)19-17(21)16-11-22-7-8-23-16/h4-5,9,13,16H,2-3,6-8,10-11H2,1H3,(H,19,21)/t13-,16-/m1/s1. The number of ether oxygens (including phenoxy) is 2. The number of carbonyl (C=O) groups is 1. The van der Waals surface area contributed by atoms with Crippen molar-refractivity contribution in [3.63, 3.8) is 0 Å². The van der Waals surface area contributed by atoms with Crippen molar-refractivity contribution in [2.45, 2.75) is 31.9 Å². The van der Waals surface area contributed by atoms with Gasteiger partial charge in [0.2, 0.25) is 0 Å². The van der Waals surface area contributed by atoms with Crippen LogP contribution in [-0.2, 0) is 14.3 Å². The van der Waals surface area contributed by atoms with Gasteiger partial charge in [-0.3, -0.25) is 4.79 Å². The molecule has 0 bridgehead atoms. The summed E-state index contributed by atoms with van der Waals surface area (Å²) in [6, 6.07) is 5.13. The van der Waals surface area contributed by atoms with Crippen LogP contribution in [0.1, 0.15) is 18.4 Å². The largest absolute Gasteiger partial charge is 0.376 e. The minimum absolute atomic E-state index is 0.00156. The topological polar surface area (TPSA) is 50.8 Å². The maximum Gasteiger partial charge on any atom is 0.251 e. The average Bonchev–Trinajstić information content (AvgIpc) is 2.58. The Bertz CT molecular complexity index is 561. The number of benzene rings is 1. The van der Waals surface area contributed by atoms with Crippen LogP contribution in [0.25, 0.3) is 0 Å². The van der Waals surface area contributed by atoms with E-state index in [0.29, 0.717) is 32.1 Å². The molecule has 0 saturated carbocycles. The van der Waals surface area contributed by atoms with Gasteiger partial charge in [0.05, 0.1) is 25.5 Å². The zero-order valence-electron chi connectivity index (χ0n) is 13.4. The first-order chi connectivity index (χ1) is 11.1. The Kier molecular flexibility index (Phi) is 5.13. The number of aryl methyl sites for hydroxylation is 1. The van der Waals surface area contributed by atoms with Crippen molar-refractivity contribution in [1.29, 1.82) is 0 Å². The summed E-state index contributed by atoms with van der Waals surface area (Å²) in [5.74, 6) is -0.354. The van der Waals surface area contributed by atoms with Gasteiger partial charge >= 0.3 is 0 Å².